The highest BCUT2D eigenvalue weighted by molar-refractivity contribution is 5.40. The van der Waals surface area contributed by atoms with Crippen LogP contribution in [0.5, 0.6) is 5.75 Å². The van der Waals surface area contributed by atoms with Gasteiger partial charge in [-0.25, -0.2) is 0 Å². The number of aliphatic hydroxyl groups excluding tert-OH is 1. The lowest BCUT2D eigenvalue weighted by molar-refractivity contribution is -0.0309. The van der Waals surface area contributed by atoms with Crippen molar-refractivity contribution in [1.29, 1.82) is 0 Å². The largest absolute Gasteiger partial charge is 0.508 e. The van der Waals surface area contributed by atoms with Crippen molar-refractivity contribution in [3.63, 3.8) is 0 Å². The van der Waals surface area contributed by atoms with Gasteiger partial charge in [-0.2, -0.15) is 0 Å². The lowest BCUT2D eigenvalue weighted by atomic mass is 9.55. The van der Waals surface area contributed by atoms with Gasteiger partial charge in [-0.1, -0.05) is 19.9 Å². The zero-order valence-corrected chi connectivity index (χ0v) is 13.0. The van der Waals surface area contributed by atoms with Gasteiger partial charge in [0.25, 0.3) is 0 Å². The monoisotopic (exact) mass is 286 g/mol. The second kappa shape index (κ2) is 4.49. The van der Waals surface area contributed by atoms with Gasteiger partial charge in [0.15, 0.2) is 0 Å². The van der Waals surface area contributed by atoms with Crippen LogP contribution in [0, 0.1) is 23.2 Å². The fourth-order valence-corrected chi connectivity index (χ4v) is 5.91. The van der Waals surface area contributed by atoms with Crippen LogP contribution < -0.4 is 0 Å². The molecule has 0 saturated heterocycles. The van der Waals surface area contributed by atoms with Crippen LogP contribution in [-0.2, 0) is 6.42 Å². The van der Waals surface area contributed by atoms with Crippen LogP contribution in [0.25, 0.3) is 0 Å². The topological polar surface area (TPSA) is 40.5 Å². The number of aryl methyl sites for hydroxylation is 1. The number of phenolic OH excluding ortho intramolecular Hbond substituents is 1. The first-order valence-electron chi connectivity index (χ1n) is 8.50. The highest BCUT2D eigenvalue weighted by Gasteiger charge is 2.56. The van der Waals surface area contributed by atoms with Gasteiger partial charge in [-0.15, -0.1) is 0 Å². The summed E-state index contributed by atoms with van der Waals surface area (Å²) < 4.78 is 0. The highest BCUT2D eigenvalue weighted by atomic mass is 16.3. The van der Waals surface area contributed by atoms with Gasteiger partial charge in [0, 0.05) is 0 Å². The van der Waals surface area contributed by atoms with Gasteiger partial charge in [-0.3, -0.25) is 0 Å². The van der Waals surface area contributed by atoms with Crippen LogP contribution in [0.1, 0.15) is 56.6 Å². The molecule has 1 aromatic carbocycles. The van der Waals surface area contributed by atoms with E-state index in [1.54, 1.807) is 0 Å². The third-order valence-electron chi connectivity index (χ3n) is 6.99. The molecule has 1 aromatic rings. The summed E-state index contributed by atoms with van der Waals surface area (Å²) >= 11 is 0. The number of rotatable bonds is 0. The fourth-order valence-electron chi connectivity index (χ4n) is 5.91. The smallest absolute Gasteiger partial charge is 0.115 e. The summed E-state index contributed by atoms with van der Waals surface area (Å²) in [5.74, 6) is 2.88. The van der Waals surface area contributed by atoms with Gasteiger partial charge >= 0.3 is 0 Å². The van der Waals surface area contributed by atoms with Crippen LogP contribution in [0.2, 0.25) is 0 Å². The van der Waals surface area contributed by atoms with E-state index in [0.29, 0.717) is 23.5 Å². The van der Waals surface area contributed by atoms with Crippen LogP contribution in [0.15, 0.2) is 18.2 Å². The second-order valence-electron chi connectivity index (χ2n) is 8.00. The molecule has 4 rings (SSSR count). The first-order valence-corrected chi connectivity index (χ1v) is 8.50. The first kappa shape index (κ1) is 13.6. The van der Waals surface area contributed by atoms with Crippen LogP contribution in [-0.4, -0.2) is 16.3 Å². The molecule has 6 atom stereocenters. The Hall–Kier alpha value is -1.02. The Labute approximate surface area is 127 Å². The maximum Gasteiger partial charge on any atom is 0.115 e. The predicted octanol–water partition coefficient (Wildman–Crippen LogP) is 3.86. The molecule has 0 aromatic heterocycles. The number of aliphatic hydroxyl groups is 1. The molecule has 0 aliphatic heterocycles. The Morgan fingerprint density at radius 3 is 2.86 bits per heavy atom. The molecule has 0 amide bonds. The summed E-state index contributed by atoms with van der Waals surface area (Å²) in [5, 5.41) is 20.4. The Kier molecular flexibility index (Phi) is 2.91. The number of benzene rings is 1. The van der Waals surface area contributed by atoms with Crippen LogP contribution >= 0.6 is 0 Å². The molecule has 2 N–H and O–H groups in total. The van der Waals surface area contributed by atoms with Crippen molar-refractivity contribution < 1.29 is 10.2 Å². The molecule has 2 fully saturated rings. The Balaban J connectivity index is 1.71. The standard InChI is InChI=1S/C19H26O2/c1-11-9-17-16-5-3-12-10-13(20)4-6-14(12)15(16)7-8-19(17,2)18(11)21/h4,6,10-11,15-18,20-21H,3,5,7-9H2,1-2H3/t11?,15?,16?,17?,18-,19-/m0/s1. The van der Waals surface area contributed by atoms with Crippen molar-refractivity contribution in [2.24, 2.45) is 23.2 Å². The van der Waals surface area contributed by atoms with Crippen LogP contribution in [0.3, 0.4) is 0 Å². The minimum absolute atomic E-state index is 0.121. The minimum atomic E-state index is -0.121. The molecule has 0 bridgehead atoms. The Morgan fingerprint density at radius 2 is 2.05 bits per heavy atom. The Bertz CT molecular complexity index is 567. The van der Waals surface area contributed by atoms with Gasteiger partial charge in [-0.05, 0) is 84.5 Å². The Morgan fingerprint density at radius 1 is 1.24 bits per heavy atom. The maximum absolute atomic E-state index is 10.6. The molecular weight excluding hydrogens is 260 g/mol. The summed E-state index contributed by atoms with van der Waals surface area (Å²) in [4.78, 5) is 0. The maximum atomic E-state index is 10.6. The summed E-state index contributed by atoms with van der Waals surface area (Å²) in [6.45, 7) is 4.55. The van der Waals surface area contributed by atoms with Gasteiger partial charge in [0.05, 0.1) is 6.10 Å². The SMILES string of the molecule is CC1CC2C3CCc4cc(O)ccc4C3CC[C@]2(C)[C@H]1O. The average molecular weight is 286 g/mol. The molecule has 3 aliphatic carbocycles. The van der Waals surface area contributed by atoms with Crippen molar-refractivity contribution in [2.45, 2.75) is 58.0 Å². The minimum Gasteiger partial charge on any atom is -0.508 e. The lowest BCUT2D eigenvalue weighted by Gasteiger charge is -2.50. The fraction of sp³-hybridized carbons (Fsp3) is 0.684. The number of hydrogen-bond donors (Lipinski definition) is 2. The van der Waals surface area contributed by atoms with E-state index >= 15 is 0 Å². The third-order valence-corrected chi connectivity index (χ3v) is 6.99. The second-order valence-corrected chi connectivity index (χ2v) is 8.00. The molecule has 0 spiro atoms. The van der Waals surface area contributed by atoms with E-state index < -0.39 is 0 Å². The zero-order valence-electron chi connectivity index (χ0n) is 13.0. The number of aromatic hydroxyl groups is 1. The summed E-state index contributed by atoms with van der Waals surface area (Å²) in [5.41, 5.74) is 2.96. The first-order chi connectivity index (χ1) is 10.0. The molecular formula is C19H26O2. The number of fused-ring (bicyclic) bond motifs is 5. The van der Waals surface area contributed by atoms with E-state index in [1.807, 2.05) is 12.1 Å². The summed E-state index contributed by atoms with van der Waals surface area (Å²) in [7, 11) is 0. The lowest BCUT2D eigenvalue weighted by Crippen LogP contribution is -2.44. The highest BCUT2D eigenvalue weighted by Crippen LogP contribution is 2.62. The van der Waals surface area contributed by atoms with Gasteiger partial charge < -0.3 is 10.2 Å². The van der Waals surface area contributed by atoms with Crippen molar-refractivity contribution >= 4 is 0 Å². The molecule has 21 heavy (non-hydrogen) atoms. The molecule has 0 heterocycles. The molecule has 2 saturated carbocycles. The van der Waals surface area contributed by atoms with E-state index in [4.69, 9.17) is 0 Å². The summed E-state index contributed by atoms with van der Waals surface area (Å²) in [6, 6.07) is 5.96. The normalized spacial score (nSPS) is 44.8. The molecule has 4 unspecified atom stereocenters. The molecule has 2 heteroatoms. The van der Waals surface area contributed by atoms with Crippen molar-refractivity contribution in [3.8, 4) is 5.75 Å². The van der Waals surface area contributed by atoms with Crippen molar-refractivity contribution in [3.05, 3.63) is 29.3 Å². The predicted molar refractivity (Wildman–Crippen MR) is 83.3 cm³/mol. The summed E-state index contributed by atoms with van der Waals surface area (Å²) in [6.07, 6.45) is 5.71. The third kappa shape index (κ3) is 1.81. The molecule has 114 valence electrons. The van der Waals surface area contributed by atoms with Crippen molar-refractivity contribution in [1.82, 2.24) is 0 Å². The van der Waals surface area contributed by atoms with E-state index in [9.17, 15) is 10.2 Å². The van der Waals surface area contributed by atoms with Gasteiger partial charge in [0.2, 0.25) is 0 Å². The zero-order chi connectivity index (χ0) is 14.8. The molecule has 2 nitrogen and oxygen atoms in total. The van der Waals surface area contributed by atoms with E-state index in [2.05, 4.69) is 19.9 Å². The number of phenols is 1. The van der Waals surface area contributed by atoms with Crippen molar-refractivity contribution in [2.75, 3.05) is 0 Å². The van der Waals surface area contributed by atoms with Gasteiger partial charge in [0.1, 0.15) is 5.75 Å². The number of hydrogen-bond acceptors (Lipinski definition) is 2. The molecule has 0 radical (unpaired) electrons. The van der Waals surface area contributed by atoms with E-state index in [-0.39, 0.29) is 11.5 Å². The van der Waals surface area contributed by atoms with Crippen LogP contribution in [0.4, 0.5) is 0 Å². The average Bonchev–Trinajstić information content (AvgIpc) is 2.70. The molecule has 3 aliphatic rings. The quantitative estimate of drug-likeness (QED) is 0.760. The van der Waals surface area contributed by atoms with E-state index in [1.165, 1.54) is 30.4 Å². The van der Waals surface area contributed by atoms with E-state index in [0.717, 1.165) is 18.8 Å².